The molecule has 2 heterocycles. The van der Waals surface area contributed by atoms with E-state index in [9.17, 15) is 18.8 Å². The Morgan fingerprint density at radius 2 is 1.83 bits per heavy atom. The third-order valence-corrected chi connectivity index (χ3v) is 5.60. The summed E-state index contributed by atoms with van der Waals surface area (Å²) in [6, 6.07) is 5.62. The summed E-state index contributed by atoms with van der Waals surface area (Å²) in [5.41, 5.74) is 1.71. The predicted molar refractivity (Wildman–Crippen MR) is 107 cm³/mol. The molecule has 1 N–H and O–H groups in total. The number of halogens is 1. The second-order valence-electron chi connectivity index (χ2n) is 7.60. The van der Waals surface area contributed by atoms with Gasteiger partial charge in [0.2, 0.25) is 5.91 Å². The van der Waals surface area contributed by atoms with Gasteiger partial charge in [-0.2, -0.15) is 0 Å². The van der Waals surface area contributed by atoms with Crippen molar-refractivity contribution in [1.82, 2.24) is 14.9 Å². The van der Waals surface area contributed by atoms with Crippen LogP contribution in [0.15, 0.2) is 29.1 Å². The van der Waals surface area contributed by atoms with Gasteiger partial charge >= 0.3 is 0 Å². The number of aryl methyl sites for hydroxylation is 2. The molecule has 1 amide bonds. The SMILES string of the molecule is Cc1nc(CCCC(=O)N2CCC(C(=O)c3ccc(F)cc3)CC2)[nH]c(=O)c1C. The number of hydrogen-bond donors (Lipinski definition) is 1. The molecule has 0 aliphatic carbocycles. The molecule has 2 aromatic rings. The number of carbonyl (C=O) groups is 2. The van der Waals surface area contributed by atoms with Crippen LogP contribution < -0.4 is 5.56 Å². The Balaban J connectivity index is 1.46. The van der Waals surface area contributed by atoms with Gasteiger partial charge in [-0.25, -0.2) is 9.37 Å². The molecule has 1 aromatic carbocycles. The van der Waals surface area contributed by atoms with Crippen molar-refractivity contribution in [2.24, 2.45) is 5.92 Å². The van der Waals surface area contributed by atoms with E-state index in [1.807, 2.05) is 0 Å². The number of aromatic nitrogens is 2. The lowest BCUT2D eigenvalue weighted by atomic mass is 9.88. The van der Waals surface area contributed by atoms with Gasteiger partial charge in [-0.15, -0.1) is 0 Å². The number of rotatable bonds is 6. The van der Waals surface area contributed by atoms with E-state index in [-0.39, 0.29) is 29.0 Å². The average molecular weight is 399 g/mol. The van der Waals surface area contributed by atoms with Crippen LogP contribution in [0, 0.1) is 25.6 Å². The smallest absolute Gasteiger partial charge is 0.254 e. The molecule has 0 bridgehead atoms. The van der Waals surface area contributed by atoms with Gasteiger partial charge in [0.05, 0.1) is 0 Å². The van der Waals surface area contributed by atoms with Gasteiger partial charge < -0.3 is 9.88 Å². The third kappa shape index (κ3) is 5.16. The minimum Gasteiger partial charge on any atom is -0.343 e. The van der Waals surface area contributed by atoms with Crippen molar-refractivity contribution < 1.29 is 14.0 Å². The first-order valence-corrected chi connectivity index (χ1v) is 9.99. The van der Waals surface area contributed by atoms with E-state index in [0.29, 0.717) is 67.8 Å². The first-order valence-electron chi connectivity index (χ1n) is 9.99. The summed E-state index contributed by atoms with van der Waals surface area (Å²) < 4.78 is 13.0. The molecule has 0 saturated carbocycles. The van der Waals surface area contributed by atoms with E-state index in [1.54, 1.807) is 18.7 Å². The summed E-state index contributed by atoms with van der Waals surface area (Å²) in [6.07, 6.45) is 2.77. The van der Waals surface area contributed by atoms with E-state index in [4.69, 9.17) is 0 Å². The molecular weight excluding hydrogens is 373 g/mol. The number of Topliss-reactive ketones (excluding diaryl/α,β-unsaturated/α-hetero) is 1. The molecular formula is C22H26FN3O3. The normalized spacial score (nSPS) is 14.8. The van der Waals surface area contributed by atoms with Gasteiger partial charge in [0.25, 0.3) is 5.56 Å². The van der Waals surface area contributed by atoms with E-state index >= 15 is 0 Å². The van der Waals surface area contributed by atoms with Crippen molar-refractivity contribution in [3.05, 3.63) is 63.1 Å². The fourth-order valence-electron chi connectivity index (χ4n) is 3.63. The number of benzene rings is 1. The Morgan fingerprint density at radius 3 is 2.45 bits per heavy atom. The van der Waals surface area contributed by atoms with Gasteiger partial charge in [0, 0.05) is 48.7 Å². The number of carbonyl (C=O) groups excluding carboxylic acids is 2. The molecule has 1 aliphatic heterocycles. The highest BCUT2D eigenvalue weighted by molar-refractivity contribution is 5.98. The van der Waals surface area contributed by atoms with Crippen LogP contribution >= 0.6 is 0 Å². The van der Waals surface area contributed by atoms with Gasteiger partial charge in [-0.3, -0.25) is 14.4 Å². The Kier molecular flexibility index (Phi) is 6.56. The summed E-state index contributed by atoms with van der Waals surface area (Å²) in [5, 5.41) is 0. The second kappa shape index (κ2) is 9.11. The number of nitrogens with one attached hydrogen (secondary N) is 1. The monoisotopic (exact) mass is 399 g/mol. The molecule has 0 radical (unpaired) electrons. The molecule has 154 valence electrons. The maximum atomic E-state index is 13.0. The molecule has 6 nitrogen and oxygen atoms in total. The Hall–Kier alpha value is -2.83. The highest BCUT2D eigenvalue weighted by Gasteiger charge is 2.27. The zero-order valence-corrected chi connectivity index (χ0v) is 16.8. The van der Waals surface area contributed by atoms with Crippen LogP contribution in [0.2, 0.25) is 0 Å². The summed E-state index contributed by atoms with van der Waals surface area (Å²) in [4.78, 5) is 45.7. The standard InChI is InChI=1S/C22H26FN3O3/c1-14-15(2)24-19(25-22(14)29)4-3-5-20(27)26-12-10-17(11-13-26)21(28)16-6-8-18(23)9-7-16/h6-9,17H,3-5,10-13H2,1-2H3,(H,24,25,29). The van der Waals surface area contributed by atoms with Gasteiger partial charge in [0.15, 0.2) is 5.78 Å². The molecule has 3 rings (SSSR count). The van der Waals surface area contributed by atoms with Gasteiger partial charge in [-0.1, -0.05) is 0 Å². The minimum absolute atomic E-state index is 0.0156. The summed E-state index contributed by atoms with van der Waals surface area (Å²) >= 11 is 0. The quantitative estimate of drug-likeness (QED) is 0.757. The van der Waals surface area contributed by atoms with Crippen molar-refractivity contribution in [2.75, 3.05) is 13.1 Å². The number of nitrogens with zero attached hydrogens (tertiary/aromatic N) is 2. The van der Waals surface area contributed by atoms with E-state index in [2.05, 4.69) is 9.97 Å². The summed E-state index contributed by atoms with van der Waals surface area (Å²) in [7, 11) is 0. The van der Waals surface area contributed by atoms with E-state index < -0.39 is 0 Å². The van der Waals surface area contributed by atoms with Crippen LogP contribution in [0.4, 0.5) is 4.39 Å². The molecule has 0 spiro atoms. The van der Waals surface area contributed by atoms with Crippen LogP contribution in [-0.4, -0.2) is 39.6 Å². The van der Waals surface area contributed by atoms with Crippen molar-refractivity contribution in [1.29, 1.82) is 0 Å². The molecule has 29 heavy (non-hydrogen) atoms. The first-order chi connectivity index (χ1) is 13.8. The minimum atomic E-state index is -0.359. The molecule has 0 atom stereocenters. The van der Waals surface area contributed by atoms with Crippen molar-refractivity contribution >= 4 is 11.7 Å². The summed E-state index contributed by atoms with van der Waals surface area (Å²) in [5.74, 6) is 0.191. The highest BCUT2D eigenvalue weighted by Crippen LogP contribution is 2.22. The van der Waals surface area contributed by atoms with Crippen LogP contribution in [-0.2, 0) is 11.2 Å². The lowest BCUT2D eigenvalue weighted by Gasteiger charge is -2.31. The Bertz CT molecular complexity index is 945. The van der Waals surface area contributed by atoms with Gasteiger partial charge in [-0.05, 0) is 57.4 Å². The van der Waals surface area contributed by atoms with Gasteiger partial charge in [0.1, 0.15) is 11.6 Å². The predicted octanol–water partition coefficient (Wildman–Crippen LogP) is 2.97. The largest absolute Gasteiger partial charge is 0.343 e. The van der Waals surface area contributed by atoms with Crippen LogP contribution in [0.3, 0.4) is 0 Å². The summed E-state index contributed by atoms with van der Waals surface area (Å²) in [6.45, 7) is 4.64. The third-order valence-electron chi connectivity index (χ3n) is 5.60. The lowest BCUT2D eigenvalue weighted by Crippen LogP contribution is -2.40. The first kappa shape index (κ1) is 20.9. The fraction of sp³-hybridized carbons (Fsp3) is 0.455. The van der Waals surface area contributed by atoms with Crippen molar-refractivity contribution in [3.63, 3.8) is 0 Å². The molecule has 1 fully saturated rings. The number of amides is 1. The van der Waals surface area contributed by atoms with Crippen LogP contribution in [0.1, 0.15) is 53.1 Å². The highest BCUT2D eigenvalue weighted by atomic mass is 19.1. The van der Waals surface area contributed by atoms with E-state index in [0.717, 1.165) is 0 Å². The molecule has 7 heteroatoms. The molecule has 1 aromatic heterocycles. The Morgan fingerprint density at radius 1 is 1.17 bits per heavy atom. The number of piperidine rings is 1. The molecule has 1 aliphatic rings. The Labute approximate surface area is 169 Å². The number of likely N-dealkylation sites (tertiary alicyclic amines) is 1. The second-order valence-corrected chi connectivity index (χ2v) is 7.60. The number of hydrogen-bond acceptors (Lipinski definition) is 4. The number of aromatic amines is 1. The zero-order valence-electron chi connectivity index (χ0n) is 16.8. The zero-order chi connectivity index (χ0) is 21.0. The van der Waals surface area contributed by atoms with Crippen molar-refractivity contribution in [3.8, 4) is 0 Å². The average Bonchev–Trinajstić information content (AvgIpc) is 2.72. The van der Waals surface area contributed by atoms with E-state index in [1.165, 1.54) is 24.3 Å². The number of ketones is 1. The molecule has 0 unspecified atom stereocenters. The fourth-order valence-corrected chi connectivity index (χ4v) is 3.63. The lowest BCUT2D eigenvalue weighted by molar-refractivity contribution is -0.132. The molecule has 1 saturated heterocycles. The number of H-pyrrole nitrogens is 1. The maximum absolute atomic E-state index is 13.0. The van der Waals surface area contributed by atoms with Crippen LogP contribution in [0.5, 0.6) is 0 Å². The van der Waals surface area contributed by atoms with Crippen molar-refractivity contribution in [2.45, 2.75) is 46.0 Å². The maximum Gasteiger partial charge on any atom is 0.254 e. The topological polar surface area (TPSA) is 83.1 Å². The van der Waals surface area contributed by atoms with Crippen LogP contribution in [0.25, 0.3) is 0 Å².